The van der Waals surface area contributed by atoms with Crippen LogP contribution in [0, 0.1) is 0 Å². The predicted molar refractivity (Wildman–Crippen MR) is 151 cm³/mol. The summed E-state index contributed by atoms with van der Waals surface area (Å²) in [5, 5.41) is 5.80. The van der Waals surface area contributed by atoms with E-state index in [4.69, 9.17) is 4.74 Å². The first-order chi connectivity index (χ1) is 18.6. The van der Waals surface area contributed by atoms with Crippen LogP contribution in [0.2, 0.25) is 0 Å². The Morgan fingerprint density at radius 1 is 0.789 bits per heavy atom. The van der Waals surface area contributed by atoms with Gasteiger partial charge in [-0.05, 0) is 48.7 Å². The molecule has 0 aliphatic carbocycles. The minimum atomic E-state index is -0.299. The highest BCUT2D eigenvalue weighted by molar-refractivity contribution is 6.02. The van der Waals surface area contributed by atoms with E-state index in [1.807, 2.05) is 71.6 Å². The van der Waals surface area contributed by atoms with Gasteiger partial charge in [0.05, 0.1) is 18.4 Å². The van der Waals surface area contributed by atoms with E-state index in [0.717, 1.165) is 74.8 Å². The number of hydrogen-bond donors (Lipinski definition) is 2. The number of nitrogens with zero attached hydrogens (tertiary/aromatic N) is 3. The van der Waals surface area contributed by atoms with Crippen molar-refractivity contribution < 1.29 is 14.3 Å². The zero-order valence-corrected chi connectivity index (χ0v) is 21.9. The summed E-state index contributed by atoms with van der Waals surface area (Å²) in [6.45, 7) is 5.18. The quantitative estimate of drug-likeness (QED) is 0.484. The zero-order chi connectivity index (χ0) is 26.3. The van der Waals surface area contributed by atoms with Crippen LogP contribution in [0.5, 0.6) is 5.75 Å². The van der Waals surface area contributed by atoms with Crippen LogP contribution in [0.25, 0.3) is 0 Å². The van der Waals surface area contributed by atoms with Gasteiger partial charge in [0.15, 0.2) is 0 Å². The number of anilines is 3. The third kappa shape index (κ3) is 5.85. The second-order valence-corrected chi connectivity index (χ2v) is 9.67. The fourth-order valence-corrected chi connectivity index (χ4v) is 5.18. The van der Waals surface area contributed by atoms with Crippen LogP contribution in [-0.2, 0) is 6.54 Å². The Hall–Kier alpha value is -4.20. The number of benzene rings is 3. The van der Waals surface area contributed by atoms with Gasteiger partial charge in [-0.3, -0.25) is 4.79 Å². The van der Waals surface area contributed by atoms with Crippen molar-refractivity contribution in [3.8, 4) is 5.75 Å². The second-order valence-electron chi connectivity index (χ2n) is 9.67. The van der Waals surface area contributed by atoms with Gasteiger partial charge in [-0.1, -0.05) is 42.5 Å². The number of likely N-dealkylation sites (tertiary alicyclic amines) is 1. The van der Waals surface area contributed by atoms with Gasteiger partial charge in [0.25, 0.3) is 5.91 Å². The number of amides is 3. The van der Waals surface area contributed by atoms with Crippen LogP contribution in [0.4, 0.5) is 21.9 Å². The molecule has 2 heterocycles. The van der Waals surface area contributed by atoms with Gasteiger partial charge in [0.2, 0.25) is 0 Å². The first kappa shape index (κ1) is 25.4. The van der Waals surface area contributed by atoms with Gasteiger partial charge >= 0.3 is 6.03 Å². The summed E-state index contributed by atoms with van der Waals surface area (Å²) in [7, 11) is 1.70. The van der Waals surface area contributed by atoms with Crippen molar-refractivity contribution in [3.63, 3.8) is 0 Å². The van der Waals surface area contributed by atoms with Crippen LogP contribution in [0.1, 0.15) is 28.8 Å². The second kappa shape index (κ2) is 11.9. The van der Waals surface area contributed by atoms with Crippen molar-refractivity contribution in [3.05, 3.63) is 83.9 Å². The van der Waals surface area contributed by atoms with E-state index in [2.05, 4.69) is 26.5 Å². The Balaban J connectivity index is 1.31. The van der Waals surface area contributed by atoms with Crippen molar-refractivity contribution in [2.75, 3.05) is 61.5 Å². The number of urea groups is 1. The normalized spacial score (nSPS) is 15.3. The van der Waals surface area contributed by atoms with Crippen molar-refractivity contribution in [1.29, 1.82) is 0 Å². The lowest BCUT2D eigenvalue weighted by atomic mass is 10.1. The molecule has 38 heavy (non-hydrogen) atoms. The lowest BCUT2D eigenvalue weighted by Gasteiger charge is -2.38. The Labute approximate surface area is 224 Å². The molecule has 5 rings (SSSR count). The predicted octanol–water partition coefficient (Wildman–Crippen LogP) is 4.58. The van der Waals surface area contributed by atoms with Gasteiger partial charge in [0, 0.05) is 57.2 Å². The van der Waals surface area contributed by atoms with Crippen LogP contribution < -0.4 is 25.2 Å². The molecule has 198 valence electrons. The summed E-state index contributed by atoms with van der Waals surface area (Å²) in [5.74, 6) is 0.893. The van der Waals surface area contributed by atoms with E-state index in [0.29, 0.717) is 17.8 Å². The van der Waals surface area contributed by atoms with Crippen molar-refractivity contribution in [2.45, 2.75) is 19.4 Å². The molecule has 2 saturated heterocycles. The molecular formula is C30H35N5O3. The molecule has 0 spiro atoms. The maximum atomic E-state index is 13.6. The SMILES string of the molecule is COc1ccccc1N1CCN(c2ccc(NC(=O)NCc3ccccc3)cc2C(=O)N2CCCC2)CC1. The molecule has 0 aromatic heterocycles. The van der Waals surface area contributed by atoms with Crippen LogP contribution in [-0.4, -0.2) is 63.2 Å². The van der Waals surface area contributed by atoms with Crippen LogP contribution in [0.15, 0.2) is 72.8 Å². The monoisotopic (exact) mass is 513 g/mol. The van der Waals surface area contributed by atoms with E-state index >= 15 is 0 Å². The topological polar surface area (TPSA) is 77.1 Å². The molecule has 0 unspecified atom stereocenters. The number of piperazine rings is 1. The third-order valence-electron chi connectivity index (χ3n) is 7.22. The minimum Gasteiger partial charge on any atom is -0.495 e. The largest absolute Gasteiger partial charge is 0.495 e. The summed E-state index contributed by atoms with van der Waals surface area (Å²) in [5.41, 5.74) is 4.27. The molecule has 0 bridgehead atoms. The van der Waals surface area contributed by atoms with E-state index in [9.17, 15) is 9.59 Å². The molecule has 3 aromatic rings. The van der Waals surface area contributed by atoms with Crippen LogP contribution >= 0.6 is 0 Å². The average molecular weight is 514 g/mol. The summed E-state index contributed by atoms with van der Waals surface area (Å²) in [4.78, 5) is 32.7. The number of para-hydroxylation sites is 2. The number of rotatable bonds is 7. The first-order valence-corrected chi connectivity index (χ1v) is 13.3. The number of ether oxygens (including phenoxy) is 1. The molecule has 2 N–H and O–H groups in total. The Morgan fingerprint density at radius 3 is 2.16 bits per heavy atom. The number of carbonyl (C=O) groups is 2. The van der Waals surface area contributed by atoms with Gasteiger partial charge in [-0.15, -0.1) is 0 Å². The van der Waals surface area contributed by atoms with E-state index in [1.54, 1.807) is 7.11 Å². The van der Waals surface area contributed by atoms with E-state index < -0.39 is 0 Å². The molecule has 2 aliphatic heterocycles. The molecule has 2 fully saturated rings. The standard InChI is InChI=1S/C30H35N5O3/c1-38-28-12-6-5-11-27(28)34-19-17-33(18-20-34)26-14-13-24(21-25(26)29(36)35-15-7-8-16-35)32-30(37)31-22-23-9-3-2-4-10-23/h2-6,9-14,21H,7-8,15-20,22H2,1H3,(H2,31,32,37). The lowest BCUT2D eigenvalue weighted by Crippen LogP contribution is -2.47. The van der Waals surface area contributed by atoms with Gasteiger partial charge < -0.3 is 30.1 Å². The maximum Gasteiger partial charge on any atom is 0.319 e. The molecule has 8 heteroatoms. The highest BCUT2D eigenvalue weighted by atomic mass is 16.5. The summed E-state index contributed by atoms with van der Waals surface area (Å²) >= 11 is 0. The third-order valence-corrected chi connectivity index (χ3v) is 7.22. The summed E-state index contributed by atoms with van der Waals surface area (Å²) in [6.07, 6.45) is 2.05. The number of nitrogens with one attached hydrogen (secondary N) is 2. The molecule has 0 radical (unpaired) electrons. The maximum absolute atomic E-state index is 13.6. The molecule has 2 aliphatic rings. The number of hydrogen-bond acceptors (Lipinski definition) is 5. The fraction of sp³-hybridized carbons (Fsp3) is 0.333. The van der Waals surface area contributed by atoms with Crippen LogP contribution in [0.3, 0.4) is 0 Å². The van der Waals surface area contributed by atoms with Crippen molar-refractivity contribution >= 4 is 29.0 Å². The summed E-state index contributed by atoms with van der Waals surface area (Å²) in [6, 6.07) is 23.2. The molecule has 3 amide bonds. The Morgan fingerprint density at radius 2 is 1.45 bits per heavy atom. The zero-order valence-electron chi connectivity index (χ0n) is 21.9. The van der Waals surface area contributed by atoms with E-state index in [1.165, 1.54) is 0 Å². The number of carbonyl (C=O) groups excluding carboxylic acids is 2. The molecule has 8 nitrogen and oxygen atoms in total. The Kier molecular flexibility index (Phi) is 7.97. The molecule has 0 saturated carbocycles. The van der Waals surface area contributed by atoms with Gasteiger partial charge in [-0.2, -0.15) is 0 Å². The highest BCUT2D eigenvalue weighted by Crippen LogP contribution is 2.31. The molecule has 0 atom stereocenters. The van der Waals surface area contributed by atoms with Crippen molar-refractivity contribution in [2.24, 2.45) is 0 Å². The van der Waals surface area contributed by atoms with E-state index in [-0.39, 0.29) is 11.9 Å². The summed E-state index contributed by atoms with van der Waals surface area (Å²) < 4.78 is 5.56. The smallest absolute Gasteiger partial charge is 0.319 e. The Bertz CT molecular complexity index is 1250. The molecule has 3 aromatic carbocycles. The van der Waals surface area contributed by atoms with Gasteiger partial charge in [0.1, 0.15) is 5.75 Å². The fourth-order valence-electron chi connectivity index (χ4n) is 5.18. The average Bonchev–Trinajstić information content (AvgIpc) is 3.52. The lowest BCUT2D eigenvalue weighted by molar-refractivity contribution is 0.0793. The van der Waals surface area contributed by atoms with Gasteiger partial charge in [-0.25, -0.2) is 4.79 Å². The highest BCUT2D eigenvalue weighted by Gasteiger charge is 2.27. The first-order valence-electron chi connectivity index (χ1n) is 13.3. The number of methoxy groups -OCH3 is 1. The minimum absolute atomic E-state index is 0.0259. The molecular weight excluding hydrogens is 478 g/mol. The van der Waals surface area contributed by atoms with Crippen molar-refractivity contribution in [1.82, 2.24) is 10.2 Å².